The van der Waals surface area contributed by atoms with Gasteiger partial charge in [0.25, 0.3) is 5.91 Å². The predicted molar refractivity (Wildman–Crippen MR) is 162 cm³/mol. The standard InChI is InChI=1S/C35H41N3O4/c1-23-31(19-32(27-7-9-29(41-2)10-8-27)38(23)28-5-4-6-30(18-28)42-3)33(39)36-11-13-37(14-12-36)34(40)35-20-24-15-25(21-35)17-26(16-24)22-35/h4-10,18-19,24-26H,11-17,20-22H2,1-3H3. The maximum atomic E-state index is 14.0. The second kappa shape index (κ2) is 10.5. The number of hydrogen-bond acceptors (Lipinski definition) is 4. The Bertz CT molecular complexity index is 1460. The van der Waals surface area contributed by atoms with Crippen molar-refractivity contribution in [3.8, 4) is 28.4 Å². The highest BCUT2D eigenvalue weighted by molar-refractivity contribution is 5.97. The molecule has 0 atom stereocenters. The molecule has 1 saturated heterocycles. The molecule has 5 fully saturated rings. The van der Waals surface area contributed by atoms with Crippen LogP contribution in [0.25, 0.3) is 16.9 Å². The SMILES string of the molecule is COc1ccc(-c2cc(C(=O)N3CCN(C(=O)C45CC6CC(CC(C6)C4)C5)CC3)c(C)n2-c2cccc(OC)c2)cc1. The Balaban J connectivity index is 1.13. The molecular weight excluding hydrogens is 526 g/mol. The Labute approximate surface area is 248 Å². The van der Waals surface area contributed by atoms with E-state index in [0.29, 0.717) is 37.6 Å². The van der Waals surface area contributed by atoms with Gasteiger partial charge < -0.3 is 23.8 Å². The number of piperazine rings is 1. The maximum absolute atomic E-state index is 14.0. The summed E-state index contributed by atoms with van der Waals surface area (Å²) in [5.41, 5.74) is 4.30. The van der Waals surface area contributed by atoms with E-state index < -0.39 is 0 Å². The molecule has 5 aliphatic rings. The molecule has 2 aromatic carbocycles. The second-order valence-corrected chi connectivity index (χ2v) is 13.1. The monoisotopic (exact) mass is 567 g/mol. The third-order valence-electron chi connectivity index (χ3n) is 10.5. The van der Waals surface area contributed by atoms with E-state index in [2.05, 4.69) is 9.47 Å². The molecule has 0 spiro atoms. The molecule has 1 aromatic heterocycles. The maximum Gasteiger partial charge on any atom is 0.255 e. The minimum atomic E-state index is -0.126. The Kier molecular flexibility index (Phi) is 6.79. The lowest BCUT2D eigenvalue weighted by Gasteiger charge is -2.57. The van der Waals surface area contributed by atoms with E-state index in [1.54, 1.807) is 14.2 Å². The Morgan fingerprint density at radius 1 is 0.762 bits per heavy atom. The van der Waals surface area contributed by atoms with Crippen molar-refractivity contribution in [2.45, 2.75) is 45.4 Å². The summed E-state index contributed by atoms with van der Waals surface area (Å²) in [6.07, 6.45) is 7.26. The number of hydrogen-bond donors (Lipinski definition) is 0. The van der Waals surface area contributed by atoms with Crippen molar-refractivity contribution in [1.29, 1.82) is 0 Å². The summed E-state index contributed by atoms with van der Waals surface area (Å²) in [6.45, 7) is 4.38. The fourth-order valence-corrected chi connectivity index (χ4v) is 8.87. The van der Waals surface area contributed by atoms with E-state index in [0.717, 1.165) is 71.2 Å². The van der Waals surface area contributed by atoms with Gasteiger partial charge in [0.05, 0.1) is 30.9 Å². The number of aromatic nitrogens is 1. The first-order valence-corrected chi connectivity index (χ1v) is 15.5. The topological polar surface area (TPSA) is 64.0 Å². The smallest absolute Gasteiger partial charge is 0.255 e. The van der Waals surface area contributed by atoms with Crippen LogP contribution in [0.2, 0.25) is 0 Å². The zero-order valence-electron chi connectivity index (χ0n) is 25.0. The van der Waals surface area contributed by atoms with Gasteiger partial charge in [0.1, 0.15) is 11.5 Å². The van der Waals surface area contributed by atoms with Crippen LogP contribution in [-0.2, 0) is 4.79 Å². The van der Waals surface area contributed by atoms with Gasteiger partial charge in [-0.1, -0.05) is 6.07 Å². The number of methoxy groups -OCH3 is 2. The van der Waals surface area contributed by atoms with Crippen molar-refractivity contribution in [1.82, 2.24) is 14.4 Å². The van der Waals surface area contributed by atoms with Crippen LogP contribution in [0, 0.1) is 30.1 Å². The number of rotatable bonds is 6. The van der Waals surface area contributed by atoms with Crippen molar-refractivity contribution in [3.63, 3.8) is 0 Å². The molecule has 7 heteroatoms. The molecule has 0 unspecified atom stereocenters. The predicted octanol–water partition coefficient (Wildman–Crippen LogP) is 5.97. The van der Waals surface area contributed by atoms with E-state index >= 15 is 0 Å². The summed E-state index contributed by atoms with van der Waals surface area (Å²) in [5.74, 6) is 4.18. The van der Waals surface area contributed by atoms with Crippen LogP contribution >= 0.6 is 0 Å². The molecule has 220 valence electrons. The highest BCUT2D eigenvalue weighted by Crippen LogP contribution is 2.60. The van der Waals surface area contributed by atoms with Crippen molar-refractivity contribution in [2.75, 3.05) is 40.4 Å². The van der Waals surface area contributed by atoms with Gasteiger partial charge >= 0.3 is 0 Å². The van der Waals surface area contributed by atoms with Gasteiger partial charge in [-0.3, -0.25) is 9.59 Å². The highest BCUT2D eigenvalue weighted by Gasteiger charge is 2.55. The number of ether oxygens (including phenoxy) is 2. The Hall–Kier alpha value is -3.74. The molecular formula is C35H41N3O4. The molecule has 0 radical (unpaired) electrons. The zero-order chi connectivity index (χ0) is 29.0. The summed E-state index contributed by atoms with van der Waals surface area (Å²) in [4.78, 5) is 32.0. The van der Waals surface area contributed by atoms with Gasteiger partial charge in [-0.25, -0.2) is 0 Å². The third kappa shape index (κ3) is 4.58. The summed E-state index contributed by atoms with van der Waals surface area (Å²) >= 11 is 0. The first-order valence-electron chi connectivity index (χ1n) is 15.5. The van der Waals surface area contributed by atoms with Crippen LogP contribution in [0.4, 0.5) is 0 Å². The lowest BCUT2D eigenvalue weighted by atomic mass is 9.49. The largest absolute Gasteiger partial charge is 0.497 e. The van der Waals surface area contributed by atoms with Gasteiger partial charge in [0, 0.05) is 43.6 Å². The molecule has 2 amide bonds. The molecule has 4 aliphatic carbocycles. The minimum absolute atomic E-state index is 0.0193. The number of nitrogens with zero attached hydrogens (tertiary/aromatic N) is 3. The van der Waals surface area contributed by atoms with Crippen LogP contribution in [-0.4, -0.2) is 66.6 Å². The van der Waals surface area contributed by atoms with E-state index in [-0.39, 0.29) is 11.3 Å². The Morgan fingerprint density at radius 2 is 1.36 bits per heavy atom. The quantitative estimate of drug-likeness (QED) is 0.368. The van der Waals surface area contributed by atoms with Crippen LogP contribution in [0.1, 0.15) is 54.6 Å². The van der Waals surface area contributed by atoms with Gasteiger partial charge in [0.2, 0.25) is 5.91 Å². The van der Waals surface area contributed by atoms with Gasteiger partial charge in [-0.15, -0.1) is 0 Å². The molecule has 8 rings (SSSR count). The average molecular weight is 568 g/mol. The summed E-state index contributed by atoms with van der Waals surface area (Å²) in [6, 6.07) is 17.8. The molecule has 42 heavy (non-hydrogen) atoms. The second-order valence-electron chi connectivity index (χ2n) is 13.1. The fraction of sp³-hybridized carbons (Fsp3) is 0.486. The average Bonchev–Trinajstić information content (AvgIpc) is 3.36. The third-order valence-corrected chi connectivity index (χ3v) is 10.5. The van der Waals surface area contributed by atoms with Crippen molar-refractivity contribution >= 4 is 11.8 Å². The Morgan fingerprint density at radius 3 is 1.95 bits per heavy atom. The normalized spacial score (nSPS) is 26.4. The molecule has 3 aromatic rings. The van der Waals surface area contributed by atoms with E-state index in [1.165, 1.54) is 19.3 Å². The van der Waals surface area contributed by atoms with Gasteiger partial charge in [-0.05, 0) is 111 Å². The van der Waals surface area contributed by atoms with Gasteiger partial charge in [-0.2, -0.15) is 0 Å². The molecule has 0 N–H and O–H groups in total. The lowest BCUT2D eigenvalue weighted by molar-refractivity contribution is -0.159. The fourth-order valence-electron chi connectivity index (χ4n) is 8.87. The van der Waals surface area contributed by atoms with E-state index in [9.17, 15) is 9.59 Å². The molecule has 4 saturated carbocycles. The first-order chi connectivity index (χ1) is 20.4. The highest BCUT2D eigenvalue weighted by atomic mass is 16.5. The van der Waals surface area contributed by atoms with Crippen LogP contribution < -0.4 is 9.47 Å². The number of carbonyl (C=O) groups is 2. The van der Waals surface area contributed by atoms with Crippen LogP contribution in [0.3, 0.4) is 0 Å². The van der Waals surface area contributed by atoms with Crippen LogP contribution in [0.5, 0.6) is 11.5 Å². The summed E-state index contributed by atoms with van der Waals surface area (Å²) in [7, 11) is 3.32. The van der Waals surface area contributed by atoms with Crippen LogP contribution in [0.15, 0.2) is 54.6 Å². The minimum Gasteiger partial charge on any atom is -0.497 e. The molecule has 4 bridgehead atoms. The zero-order valence-corrected chi connectivity index (χ0v) is 25.0. The van der Waals surface area contributed by atoms with Crippen molar-refractivity contribution in [3.05, 3.63) is 65.9 Å². The first kappa shape index (κ1) is 27.1. The molecule has 1 aliphatic heterocycles. The van der Waals surface area contributed by atoms with E-state index in [1.807, 2.05) is 66.4 Å². The number of carbonyl (C=O) groups excluding carboxylic acids is 2. The lowest BCUT2D eigenvalue weighted by Crippen LogP contribution is -2.58. The molecule has 2 heterocycles. The number of amides is 2. The molecule has 7 nitrogen and oxygen atoms in total. The van der Waals surface area contributed by atoms with E-state index in [4.69, 9.17) is 9.47 Å². The van der Waals surface area contributed by atoms with Crippen molar-refractivity contribution in [2.24, 2.45) is 23.2 Å². The summed E-state index contributed by atoms with van der Waals surface area (Å²) < 4.78 is 13.0. The van der Waals surface area contributed by atoms with Gasteiger partial charge in [0.15, 0.2) is 0 Å². The summed E-state index contributed by atoms with van der Waals surface area (Å²) in [5, 5.41) is 0. The number of benzene rings is 2. The van der Waals surface area contributed by atoms with Crippen molar-refractivity contribution < 1.29 is 19.1 Å².